The molecule has 5 aromatic carbocycles. The van der Waals surface area contributed by atoms with Gasteiger partial charge < -0.3 is 14.2 Å². The fourth-order valence-corrected chi connectivity index (χ4v) is 8.72. The zero-order valence-corrected chi connectivity index (χ0v) is 32.7. The third-order valence-electron chi connectivity index (χ3n) is 10.6. The topological polar surface area (TPSA) is 101 Å². The Morgan fingerprint density at radius 1 is 0.407 bits per heavy atom. The molecule has 0 saturated carbocycles. The molecule has 284 valence electrons. The van der Waals surface area contributed by atoms with Gasteiger partial charge in [0.05, 0.1) is 22.8 Å². The van der Waals surface area contributed by atoms with Crippen LogP contribution in [0.1, 0.15) is 28.3 Å². The molecule has 5 heterocycles. The van der Waals surface area contributed by atoms with Crippen LogP contribution >= 0.6 is 0 Å². The minimum atomic E-state index is -4.04. The fourth-order valence-electron chi connectivity index (χ4n) is 7.79. The van der Waals surface area contributed by atoms with Crippen LogP contribution < -0.4 is 4.18 Å². The summed E-state index contributed by atoms with van der Waals surface area (Å²) in [6, 6.07) is 53.0. The molecule has 3 aromatic heterocycles. The number of fused-ring (bicyclic) bond motifs is 8. The predicted octanol–water partition coefficient (Wildman–Crippen LogP) is 12.4. The van der Waals surface area contributed by atoms with Gasteiger partial charge in [-0.2, -0.15) is 8.42 Å². The number of hydrogen-bond donors (Lipinski definition) is 2. The predicted molar refractivity (Wildman–Crippen MR) is 240 cm³/mol. The molecule has 0 amide bonds. The molecule has 0 radical (unpaired) electrons. The monoisotopic (exact) mass is 784 g/mol. The number of rotatable bonds is 7. The van der Waals surface area contributed by atoms with Crippen LogP contribution in [-0.4, -0.2) is 28.4 Å². The second-order valence-electron chi connectivity index (χ2n) is 14.5. The van der Waals surface area contributed by atoms with Gasteiger partial charge in [0.1, 0.15) is 10.6 Å². The van der Waals surface area contributed by atoms with Gasteiger partial charge in [-0.05, 0) is 102 Å². The second kappa shape index (κ2) is 14.8. The zero-order valence-electron chi connectivity index (χ0n) is 31.9. The summed E-state index contributed by atoms with van der Waals surface area (Å²) < 4.78 is 32.0. The summed E-state index contributed by atoms with van der Waals surface area (Å²) in [5, 5.41) is 0. The van der Waals surface area contributed by atoms with Gasteiger partial charge in [-0.3, -0.25) is 0 Å². The van der Waals surface area contributed by atoms with Crippen molar-refractivity contribution in [1.82, 2.24) is 19.9 Å². The molecule has 0 unspecified atom stereocenters. The molecule has 8 bridgehead atoms. The summed E-state index contributed by atoms with van der Waals surface area (Å²) in [6.07, 6.45) is 8.27. The van der Waals surface area contributed by atoms with Crippen LogP contribution in [0.4, 0.5) is 0 Å². The second-order valence-corrected chi connectivity index (χ2v) is 16.0. The van der Waals surface area contributed by atoms with Gasteiger partial charge in [0.15, 0.2) is 0 Å². The standard InChI is InChI=1S/C51H36N4O3S/c1-33-17-23-39(24-18-33)59(56,57)58-38-21-19-37(20-22-38)51-46-31-29-44(54-46)49(35-13-7-3-8-14-35)42-27-25-40(52-42)48(34-11-5-2-6-12-34)41-26-28-43(53-41)50(36-15-9-4-10-16-36)45-30-32-47(51)55-45/h2-32,52,55H,1H3. The molecule has 2 aliphatic rings. The average molecular weight is 785 g/mol. The maximum Gasteiger partial charge on any atom is 0.339 e. The van der Waals surface area contributed by atoms with Crippen molar-refractivity contribution in [3.8, 4) is 50.3 Å². The van der Waals surface area contributed by atoms with Crippen LogP contribution in [-0.2, 0) is 10.1 Å². The van der Waals surface area contributed by atoms with Crippen LogP contribution in [0.5, 0.6) is 5.75 Å². The van der Waals surface area contributed by atoms with Crippen molar-refractivity contribution >= 4 is 56.5 Å². The highest BCUT2D eigenvalue weighted by atomic mass is 32.2. The lowest BCUT2D eigenvalue weighted by Crippen LogP contribution is -2.09. The van der Waals surface area contributed by atoms with E-state index in [0.29, 0.717) is 0 Å². The van der Waals surface area contributed by atoms with Crippen molar-refractivity contribution in [3.05, 3.63) is 192 Å². The third-order valence-corrected chi connectivity index (χ3v) is 11.9. The molecule has 2 aliphatic heterocycles. The van der Waals surface area contributed by atoms with Gasteiger partial charge in [0.25, 0.3) is 0 Å². The van der Waals surface area contributed by atoms with E-state index >= 15 is 0 Å². The summed E-state index contributed by atoms with van der Waals surface area (Å²) >= 11 is 0. The van der Waals surface area contributed by atoms with E-state index in [-0.39, 0.29) is 10.6 Å². The summed E-state index contributed by atoms with van der Waals surface area (Å²) in [7, 11) is -4.04. The number of benzene rings is 5. The molecule has 7 nitrogen and oxygen atoms in total. The Morgan fingerprint density at radius 2 is 0.746 bits per heavy atom. The molecule has 0 atom stereocenters. The molecule has 10 rings (SSSR count). The fraction of sp³-hybridized carbons (Fsp3) is 0.0196. The van der Waals surface area contributed by atoms with Crippen molar-refractivity contribution in [2.45, 2.75) is 11.8 Å². The highest BCUT2D eigenvalue weighted by Gasteiger charge is 2.20. The first-order valence-corrected chi connectivity index (χ1v) is 20.7. The average Bonchev–Trinajstić information content (AvgIpc) is 4.11. The first kappa shape index (κ1) is 35.8. The summed E-state index contributed by atoms with van der Waals surface area (Å²) in [5.41, 5.74) is 15.4. The van der Waals surface area contributed by atoms with E-state index in [4.69, 9.17) is 14.2 Å². The highest BCUT2D eigenvalue weighted by molar-refractivity contribution is 7.87. The SMILES string of the molecule is Cc1ccc(S(=O)(=O)Oc2ccc(-c3c4nc(c(-c5ccccc5)c5ccc([nH]5)c(-c5ccccc5)c5nc(c(-c6ccccc6)c6ccc3[nH]6)C=C5)C=C4)cc2)cc1. The Kier molecular flexibility index (Phi) is 8.96. The van der Waals surface area contributed by atoms with Crippen LogP contribution in [0, 0.1) is 6.92 Å². The van der Waals surface area contributed by atoms with Crippen LogP contribution in [0.15, 0.2) is 169 Å². The van der Waals surface area contributed by atoms with Crippen molar-refractivity contribution in [2.24, 2.45) is 0 Å². The minimum absolute atomic E-state index is 0.0947. The van der Waals surface area contributed by atoms with Crippen molar-refractivity contribution in [1.29, 1.82) is 0 Å². The molecule has 0 saturated heterocycles. The van der Waals surface area contributed by atoms with Crippen molar-refractivity contribution < 1.29 is 12.6 Å². The lowest BCUT2D eigenvalue weighted by atomic mass is 10.0. The van der Waals surface area contributed by atoms with Gasteiger partial charge in [0.2, 0.25) is 0 Å². The Balaban J connectivity index is 1.26. The Labute approximate surface area is 341 Å². The molecule has 0 fully saturated rings. The maximum atomic E-state index is 13.2. The van der Waals surface area contributed by atoms with Gasteiger partial charge in [-0.15, -0.1) is 0 Å². The number of hydrogen-bond acceptors (Lipinski definition) is 5. The lowest BCUT2D eigenvalue weighted by Gasteiger charge is -2.09. The quantitative estimate of drug-likeness (QED) is 0.157. The Bertz CT molecular complexity index is 3190. The normalized spacial score (nSPS) is 12.2. The number of aryl methyl sites for hydroxylation is 1. The number of aromatic nitrogens is 4. The molecule has 0 aliphatic carbocycles. The summed E-state index contributed by atoms with van der Waals surface area (Å²) in [6.45, 7) is 1.91. The van der Waals surface area contributed by atoms with Gasteiger partial charge in [-0.1, -0.05) is 121 Å². The van der Waals surface area contributed by atoms with Gasteiger partial charge in [0, 0.05) is 44.3 Å². The molecule has 8 aromatic rings. The molecule has 0 spiro atoms. The number of aromatic amines is 2. The first-order chi connectivity index (χ1) is 28.9. The van der Waals surface area contributed by atoms with E-state index in [1.165, 1.54) is 0 Å². The van der Waals surface area contributed by atoms with E-state index in [2.05, 4.69) is 101 Å². The minimum Gasteiger partial charge on any atom is -0.379 e. The largest absolute Gasteiger partial charge is 0.379 e. The molecular formula is C51H36N4O3S. The highest BCUT2D eigenvalue weighted by Crippen LogP contribution is 2.38. The Morgan fingerprint density at radius 3 is 1.10 bits per heavy atom. The van der Waals surface area contributed by atoms with E-state index in [0.717, 1.165) is 94.9 Å². The first-order valence-electron chi connectivity index (χ1n) is 19.3. The molecular weight excluding hydrogens is 749 g/mol. The summed E-state index contributed by atoms with van der Waals surface area (Å²) in [5.74, 6) is 0.207. The third kappa shape index (κ3) is 6.85. The molecule has 2 N–H and O–H groups in total. The summed E-state index contributed by atoms with van der Waals surface area (Å²) in [4.78, 5) is 18.3. The van der Waals surface area contributed by atoms with E-state index < -0.39 is 10.1 Å². The van der Waals surface area contributed by atoms with Gasteiger partial charge in [-0.25, -0.2) is 9.97 Å². The van der Waals surface area contributed by atoms with Crippen LogP contribution in [0.3, 0.4) is 0 Å². The number of nitrogens with one attached hydrogen (secondary N) is 2. The number of nitrogens with zero attached hydrogens (tertiary/aromatic N) is 2. The van der Waals surface area contributed by atoms with Crippen molar-refractivity contribution in [3.63, 3.8) is 0 Å². The van der Waals surface area contributed by atoms with E-state index in [9.17, 15) is 8.42 Å². The van der Waals surface area contributed by atoms with Crippen LogP contribution in [0.25, 0.3) is 90.9 Å². The van der Waals surface area contributed by atoms with Gasteiger partial charge >= 0.3 is 10.1 Å². The van der Waals surface area contributed by atoms with E-state index in [1.807, 2.05) is 67.6 Å². The Hall–Kier alpha value is -7.55. The zero-order chi connectivity index (χ0) is 39.9. The van der Waals surface area contributed by atoms with Crippen molar-refractivity contribution in [2.75, 3.05) is 0 Å². The van der Waals surface area contributed by atoms with Crippen LogP contribution in [0.2, 0.25) is 0 Å². The maximum absolute atomic E-state index is 13.2. The lowest BCUT2D eigenvalue weighted by molar-refractivity contribution is 0.486. The smallest absolute Gasteiger partial charge is 0.339 e. The molecule has 59 heavy (non-hydrogen) atoms. The van der Waals surface area contributed by atoms with E-state index in [1.54, 1.807) is 36.4 Å². The number of H-pyrrole nitrogens is 2. The molecule has 8 heteroatoms.